The Balaban J connectivity index is 1.75. The van der Waals surface area contributed by atoms with Gasteiger partial charge in [-0.3, -0.25) is 9.20 Å². The number of pyridine rings is 2. The number of nitrogens with zero attached hydrogens (tertiary/aromatic N) is 3. The zero-order chi connectivity index (χ0) is 20.6. The van der Waals surface area contributed by atoms with Crippen LogP contribution in [0.3, 0.4) is 0 Å². The molecule has 0 fully saturated rings. The molecule has 0 aliphatic carbocycles. The number of imidazole rings is 1. The number of aryl methyl sites for hydroxylation is 1. The second kappa shape index (κ2) is 7.04. The molecule has 7 nitrogen and oxygen atoms in total. The highest BCUT2D eigenvalue weighted by molar-refractivity contribution is 6.00. The fourth-order valence-corrected chi connectivity index (χ4v) is 3.11. The molecule has 1 atom stereocenters. The average Bonchev–Trinajstić information content (AvgIpc) is 3.29. The second-order valence-corrected chi connectivity index (χ2v) is 6.47. The van der Waals surface area contributed by atoms with Gasteiger partial charge in [0.2, 0.25) is 17.9 Å². The summed E-state index contributed by atoms with van der Waals surface area (Å²) in [5.74, 6) is -0.475. The molecule has 0 spiro atoms. The monoisotopic (exact) mass is 402 g/mol. The third kappa shape index (κ3) is 3.56. The van der Waals surface area contributed by atoms with E-state index in [0.29, 0.717) is 16.9 Å². The molecule has 4 aromatic rings. The molecular formula is C19H17F3N6O+2. The van der Waals surface area contributed by atoms with E-state index >= 15 is 0 Å². The van der Waals surface area contributed by atoms with Gasteiger partial charge in [0.25, 0.3) is 5.91 Å². The third-order valence-electron chi connectivity index (χ3n) is 4.42. The SMILES string of the molecule is C[n+]1cc(-c2nc(C(=O)NC(c3cccc[nH+]3)C(F)(F)F)c3ccccn23)c[nH]1. The Kier molecular flexibility index (Phi) is 4.53. The molecule has 148 valence electrons. The quantitative estimate of drug-likeness (QED) is 0.512. The number of rotatable bonds is 4. The highest BCUT2D eigenvalue weighted by Crippen LogP contribution is 2.31. The Morgan fingerprint density at radius 3 is 2.72 bits per heavy atom. The summed E-state index contributed by atoms with van der Waals surface area (Å²) < 4.78 is 44.2. The number of carbonyl (C=O) groups excluding carboxylic acids is 1. The van der Waals surface area contributed by atoms with E-state index in [1.54, 1.807) is 59.0 Å². The number of halogens is 3. The first-order chi connectivity index (χ1) is 13.8. The van der Waals surface area contributed by atoms with Crippen LogP contribution in [0.2, 0.25) is 0 Å². The Morgan fingerprint density at radius 2 is 2.07 bits per heavy atom. The molecule has 0 saturated carbocycles. The van der Waals surface area contributed by atoms with Gasteiger partial charge >= 0.3 is 6.18 Å². The minimum atomic E-state index is -4.68. The van der Waals surface area contributed by atoms with Crippen LogP contribution >= 0.6 is 0 Å². The molecule has 4 aromatic heterocycles. The highest BCUT2D eigenvalue weighted by atomic mass is 19.4. The maximum absolute atomic E-state index is 13.6. The van der Waals surface area contributed by atoms with E-state index in [1.807, 2.05) is 0 Å². The van der Waals surface area contributed by atoms with E-state index in [9.17, 15) is 18.0 Å². The number of carbonyl (C=O) groups is 1. The van der Waals surface area contributed by atoms with E-state index in [4.69, 9.17) is 0 Å². The summed E-state index contributed by atoms with van der Waals surface area (Å²) in [5.41, 5.74) is 0.836. The van der Waals surface area contributed by atoms with Crippen molar-refractivity contribution in [1.82, 2.24) is 19.8 Å². The predicted molar refractivity (Wildman–Crippen MR) is 95.4 cm³/mol. The maximum atomic E-state index is 13.6. The van der Waals surface area contributed by atoms with Crippen LogP contribution in [0.15, 0.2) is 61.2 Å². The normalized spacial score (nSPS) is 12.8. The molecule has 0 saturated heterocycles. The first-order valence-corrected chi connectivity index (χ1v) is 8.70. The Morgan fingerprint density at radius 1 is 1.28 bits per heavy atom. The third-order valence-corrected chi connectivity index (χ3v) is 4.42. The molecule has 0 aliphatic heterocycles. The highest BCUT2D eigenvalue weighted by Gasteiger charge is 2.46. The zero-order valence-electron chi connectivity index (χ0n) is 15.2. The van der Waals surface area contributed by atoms with Crippen molar-refractivity contribution in [3.05, 3.63) is 72.6 Å². The lowest BCUT2D eigenvalue weighted by Gasteiger charge is -2.17. The van der Waals surface area contributed by atoms with Crippen molar-refractivity contribution in [3.8, 4) is 11.4 Å². The van der Waals surface area contributed by atoms with Gasteiger partial charge in [-0.15, -0.1) is 4.68 Å². The Labute approximate surface area is 162 Å². The molecule has 0 radical (unpaired) electrons. The van der Waals surface area contributed by atoms with E-state index < -0.39 is 18.1 Å². The molecular weight excluding hydrogens is 385 g/mol. The lowest BCUT2D eigenvalue weighted by molar-refractivity contribution is -0.726. The van der Waals surface area contributed by atoms with Crippen molar-refractivity contribution >= 4 is 11.4 Å². The van der Waals surface area contributed by atoms with Gasteiger partial charge in [0, 0.05) is 18.3 Å². The molecule has 4 rings (SSSR count). The predicted octanol–water partition coefficient (Wildman–Crippen LogP) is 2.00. The summed E-state index contributed by atoms with van der Waals surface area (Å²) in [6, 6.07) is 7.19. The number of nitrogens with one attached hydrogen (secondary N) is 3. The number of amides is 1. The smallest absolute Gasteiger partial charge is 0.330 e. The van der Waals surface area contributed by atoms with Crippen LogP contribution in [-0.2, 0) is 7.05 Å². The van der Waals surface area contributed by atoms with Crippen molar-refractivity contribution in [2.24, 2.45) is 7.05 Å². The van der Waals surface area contributed by atoms with Gasteiger partial charge in [-0.05, 0) is 12.1 Å². The number of alkyl halides is 3. The average molecular weight is 402 g/mol. The number of fused-ring (bicyclic) bond motifs is 1. The number of aromatic amines is 2. The van der Waals surface area contributed by atoms with Crippen molar-refractivity contribution < 1.29 is 27.6 Å². The number of H-pyrrole nitrogens is 2. The van der Waals surface area contributed by atoms with Crippen LogP contribution in [0, 0.1) is 0 Å². The summed E-state index contributed by atoms with van der Waals surface area (Å²) >= 11 is 0. The van der Waals surface area contributed by atoms with Crippen molar-refractivity contribution in [1.29, 1.82) is 0 Å². The van der Waals surface area contributed by atoms with Gasteiger partial charge in [-0.2, -0.15) is 18.3 Å². The molecule has 29 heavy (non-hydrogen) atoms. The van der Waals surface area contributed by atoms with E-state index in [0.717, 1.165) is 0 Å². The molecule has 4 heterocycles. The standard InChI is InChI=1S/C19H15F3N6O/c1-27-11-12(10-24-27)17-25-15(14-7-3-5-9-28(14)17)18(29)26-16(19(20,21)22)13-6-2-4-8-23-13/h2-11,16H,1H3,(H,26,29)/p+2. The van der Waals surface area contributed by atoms with Gasteiger partial charge < -0.3 is 5.32 Å². The summed E-state index contributed by atoms with van der Waals surface area (Å²) in [7, 11) is 1.79. The van der Waals surface area contributed by atoms with Crippen LogP contribution in [0.25, 0.3) is 16.9 Å². The molecule has 0 aliphatic rings. The fourth-order valence-electron chi connectivity index (χ4n) is 3.11. The van der Waals surface area contributed by atoms with Gasteiger partial charge in [0.1, 0.15) is 5.56 Å². The van der Waals surface area contributed by atoms with Crippen LogP contribution < -0.4 is 15.0 Å². The van der Waals surface area contributed by atoms with Gasteiger partial charge in [-0.1, -0.05) is 12.1 Å². The van der Waals surface area contributed by atoms with Crippen LogP contribution in [0.1, 0.15) is 22.2 Å². The van der Waals surface area contributed by atoms with Gasteiger partial charge in [0.15, 0.2) is 24.8 Å². The van der Waals surface area contributed by atoms with Gasteiger partial charge in [-0.25, -0.2) is 9.97 Å². The van der Waals surface area contributed by atoms with Crippen molar-refractivity contribution in [3.63, 3.8) is 0 Å². The van der Waals surface area contributed by atoms with Crippen LogP contribution in [0.4, 0.5) is 13.2 Å². The molecule has 3 N–H and O–H groups in total. The summed E-state index contributed by atoms with van der Waals surface area (Å²) in [5, 5.41) is 5.02. The van der Waals surface area contributed by atoms with Crippen molar-refractivity contribution in [2.75, 3.05) is 0 Å². The van der Waals surface area contributed by atoms with Gasteiger partial charge in [0.05, 0.1) is 11.7 Å². The molecule has 1 amide bonds. The molecule has 1 unspecified atom stereocenters. The molecule has 0 aromatic carbocycles. The minimum absolute atomic E-state index is 0.0883. The molecule has 0 bridgehead atoms. The van der Waals surface area contributed by atoms with E-state index in [2.05, 4.69) is 20.4 Å². The zero-order valence-corrected chi connectivity index (χ0v) is 15.2. The lowest BCUT2D eigenvalue weighted by atomic mass is 10.1. The van der Waals surface area contributed by atoms with E-state index in [1.165, 1.54) is 18.3 Å². The van der Waals surface area contributed by atoms with Crippen molar-refractivity contribution in [2.45, 2.75) is 12.2 Å². The molecule has 10 heteroatoms. The number of hydrogen-bond acceptors (Lipinski definition) is 2. The van der Waals surface area contributed by atoms with Crippen LogP contribution in [0.5, 0.6) is 0 Å². The van der Waals surface area contributed by atoms with E-state index in [-0.39, 0.29) is 11.4 Å². The fraction of sp³-hybridized carbons (Fsp3) is 0.158. The number of aromatic nitrogens is 5. The minimum Gasteiger partial charge on any atom is -0.330 e. The first kappa shape index (κ1) is 18.7. The summed E-state index contributed by atoms with van der Waals surface area (Å²) in [6.45, 7) is 0. The Hall–Kier alpha value is -3.69. The summed E-state index contributed by atoms with van der Waals surface area (Å²) in [4.78, 5) is 19.7. The second-order valence-electron chi connectivity index (χ2n) is 6.47. The largest absolute Gasteiger partial charge is 0.418 e. The topological polar surface area (TPSA) is 80.2 Å². The maximum Gasteiger partial charge on any atom is 0.418 e. The van der Waals surface area contributed by atoms with Crippen LogP contribution in [-0.4, -0.2) is 26.6 Å². The summed E-state index contributed by atoms with van der Waals surface area (Å²) in [6.07, 6.45) is 1.85. The lowest BCUT2D eigenvalue weighted by Crippen LogP contribution is -2.41. The Bertz CT molecular complexity index is 1170. The first-order valence-electron chi connectivity index (χ1n) is 8.70. The number of hydrogen-bond donors (Lipinski definition) is 2.